The Morgan fingerprint density at radius 3 is 2.35 bits per heavy atom. The highest BCUT2D eigenvalue weighted by Crippen LogP contribution is 2.06. The second kappa shape index (κ2) is 6.93. The fraction of sp³-hybridized carbons (Fsp3) is 0.667. The maximum atomic E-state index is 11.3. The number of carbonyl (C=O) groups excluding carboxylic acids is 2. The Labute approximate surface area is 102 Å². The topological polar surface area (TPSA) is 64.6 Å². The molecule has 0 aliphatic rings. The number of hydrogen-bond acceptors (Lipinski definition) is 4. The first kappa shape index (κ1) is 15.5. The van der Waals surface area contributed by atoms with Crippen molar-refractivity contribution in [3.8, 4) is 0 Å². The van der Waals surface area contributed by atoms with Gasteiger partial charge in [-0.3, -0.25) is 0 Å². The molecule has 0 unspecified atom stereocenters. The monoisotopic (exact) mass is 243 g/mol. The van der Waals surface area contributed by atoms with Crippen LogP contribution in [-0.2, 0) is 14.3 Å². The average Bonchev–Trinajstić information content (AvgIpc) is 2.12. The highest BCUT2D eigenvalue weighted by atomic mass is 16.6. The Kier molecular flexibility index (Phi) is 6.31. The van der Waals surface area contributed by atoms with Gasteiger partial charge in [0.1, 0.15) is 5.60 Å². The van der Waals surface area contributed by atoms with Gasteiger partial charge in [0.25, 0.3) is 0 Å². The average molecular weight is 243 g/mol. The second-order valence-electron chi connectivity index (χ2n) is 4.60. The smallest absolute Gasteiger partial charge is 0.407 e. The van der Waals surface area contributed by atoms with E-state index in [-0.39, 0.29) is 6.54 Å². The molecular formula is C12H21NO4. The van der Waals surface area contributed by atoms with Gasteiger partial charge in [-0.1, -0.05) is 0 Å². The third kappa shape index (κ3) is 9.41. The van der Waals surface area contributed by atoms with Gasteiger partial charge in [0.2, 0.25) is 0 Å². The molecule has 0 saturated carbocycles. The van der Waals surface area contributed by atoms with Crippen molar-refractivity contribution in [1.29, 1.82) is 0 Å². The molecule has 0 aliphatic heterocycles. The minimum Gasteiger partial charge on any atom is -0.463 e. The number of ether oxygens (including phenoxy) is 2. The van der Waals surface area contributed by atoms with Gasteiger partial charge in [0.05, 0.1) is 6.61 Å². The van der Waals surface area contributed by atoms with Crippen LogP contribution in [0, 0.1) is 0 Å². The summed E-state index contributed by atoms with van der Waals surface area (Å²) in [6.45, 7) is 9.42. The van der Waals surface area contributed by atoms with Crippen LogP contribution >= 0.6 is 0 Å². The summed E-state index contributed by atoms with van der Waals surface area (Å²) in [6.07, 6.45) is 0.843. The summed E-state index contributed by atoms with van der Waals surface area (Å²) in [5.41, 5.74) is 0.178. The molecule has 5 nitrogen and oxygen atoms in total. The molecule has 0 atom stereocenters. The summed E-state index contributed by atoms with van der Waals surface area (Å²) in [4.78, 5) is 22.4. The van der Waals surface area contributed by atoms with Crippen molar-refractivity contribution in [2.45, 2.75) is 40.2 Å². The summed E-state index contributed by atoms with van der Waals surface area (Å²) >= 11 is 0. The van der Waals surface area contributed by atoms with Crippen molar-refractivity contribution in [2.24, 2.45) is 0 Å². The first-order valence-corrected chi connectivity index (χ1v) is 5.55. The molecule has 17 heavy (non-hydrogen) atoms. The van der Waals surface area contributed by atoms with Gasteiger partial charge in [-0.25, -0.2) is 9.59 Å². The molecule has 0 heterocycles. The molecule has 0 aromatic carbocycles. The van der Waals surface area contributed by atoms with Gasteiger partial charge in [0, 0.05) is 12.6 Å². The lowest BCUT2D eigenvalue weighted by molar-refractivity contribution is -0.137. The molecule has 1 N–H and O–H groups in total. The van der Waals surface area contributed by atoms with Crippen molar-refractivity contribution in [1.82, 2.24) is 5.32 Å². The number of amides is 1. The normalized spacial score (nSPS) is 11.9. The van der Waals surface area contributed by atoms with Crippen LogP contribution in [0.5, 0.6) is 0 Å². The Bertz CT molecular complexity index is 302. The molecular weight excluding hydrogens is 222 g/mol. The van der Waals surface area contributed by atoms with Crippen molar-refractivity contribution < 1.29 is 19.1 Å². The van der Waals surface area contributed by atoms with E-state index in [4.69, 9.17) is 9.47 Å². The molecule has 0 aromatic rings. The van der Waals surface area contributed by atoms with E-state index in [0.717, 1.165) is 0 Å². The van der Waals surface area contributed by atoms with E-state index in [1.165, 1.54) is 6.08 Å². The van der Waals surface area contributed by atoms with Crippen molar-refractivity contribution in [3.63, 3.8) is 0 Å². The quantitative estimate of drug-likeness (QED) is 0.606. The highest BCUT2D eigenvalue weighted by molar-refractivity contribution is 5.82. The van der Waals surface area contributed by atoms with Gasteiger partial charge >= 0.3 is 12.1 Å². The largest absolute Gasteiger partial charge is 0.463 e. The fourth-order valence-corrected chi connectivity index (χ4v) is 0.962. The summed E-state index contributed by atoms with van der Waals surface area (Å²) < 4.78 is 9.79. The molecule has 0 spiro atoms. The minimum absolute atomic E-state index is 0.258. The first-order valence-electron chi connectivity index (χ1n) is 5.55. The lowest BCUT2D eigenvalue weighted by Gasteiger charge is -2.19. The predicted molar refractivity (Wildman–Crippen MR) is 64.6 cm³/mol. The maximum absolute atomic E-state index is 11.3. The lowest BCUT2D eigenvalue weighted by Crippen LogP contribution is -2.33. The molecule has 0 fully saturated rings. The SMILES string of the molecule is CCOC(=O)/C=C(/C)CNC(=O)OC(C)(C)C. The van der Waals surface area contributed by atoms with Crippen LogP contribution in [0.15, 0.2) is 11.6 Å². The molecule has 0 aromatic heterocycles. The molecule has 0 rings (SSSR count). The van der Waals surface area contributed by atoms with Crippen molar-refractivity contribution in [3.05, 3.63) is 11.6 Å². The van der Waals surface area contributed by atoms with Gasteiger partial charge in [-0.05, 0) is 40.2 Å². The Morgan fingerprint density at radius 1 is 1.29 bits per heavy atom. The van der Waals surface area contributed by atoms with Gasteiger partial charge in [-0.2, -0.15) is 0 Å². The van der Waals surface area contributed by atoms with E-state index in [1.54, 1.807) is 34.6 Å². The van der Waals surface area contributed by atoms with Crippen LogP contribution in [0.4, 0.5) is 4.79 Å². The van der Waals surface area contributed by atoms with Crippen LogP contribution in [-0.4, -0.2) is 30.8 Å². The minimum atomic E-state index is -0.525. The zero-order chi connectivity index (χ0) is 13.5. The van der Waals surface area contributed by atoms with Gasteiger partial charge in [0.15, 0.2) is 0 Å². The van der Waals surface area contributed by atoms with E-state index in [0.29, 0.717) is 12.2 Å². The number of rotatable bonds is 4. The number of esters is 1. The highest BCUT2D eigenvalue weighted by Gasteiger charge is 2.15. The Hall–Kier alpha value is -1.52. The van der Waals surface area contributed by atoms with Crippen molar-refractivity contribution >= 4 is 12.1 Å². The molecule has 5 heteroatoms. The number of hydrogen-bond donors (Lipinski definition) is 1. The van der Waals surface area contributed by atoms with E-state index >= 15 is 0 Å². The molecule has 1 amide bonds. The first-order chi connectivity index (χ1) is 7.74. The van der Waals surface area contributed by atoms with Crippen LogP contribution in [0.1, 0.15) is 34.6 Å². The summed E-state index contributed by atoms with van der Waals surface area (Å²) in [6, 6.07) is 0. The standard InChI is InChI=1S/C12H21NO4/c1-6-16-10(14)7-9(2)8-13-11(15)17-12(3,4)5/h7H,6,8H2,1-5H3,(H,13,15)/b9-7-. The number of alkyl carbamates (subject to hydrolysis) is 1. The van der Waals surface area contributed by atoms with E-state index in [1.807, 2.05) is 0 Å². The zero-order valence-corrected chi connectivity index (χ0v) is 11.1. The fourth-order valence-electron chi connectivity index (χ4n) is 0.962. The Balaban J connectivity index is 4.03. The molecule has 0 radical (unpaired) electrons. The lowest BCUT2D eigenvalue weighted by atomic mass is 10.2. The molecule has 0 aliphatic carbocycles. The van der Waals surface area contributed by atoms with Crippen LogP contribution in [0.25, 0.3) is 0 Å². The second-order valence-corrected chi connectivity index (χ2v) is 4.60. The van der Waals surface area contributed by atoms with Crippen molar-refractivity contribution in [2.75, 3.05) is 13.2 Å². The zero-order valence-electron chi connectivity index (χ0n) is 11.1. The van der Waals surface area contributed by atoms with E-state index in [2.05, 4.69) is 5.32 Å². The molecule has 0 saturated heterocycles. The summed E-state index contributed by atoms with van der Waals surface area (Å²) in [5, 5.41) is 2.55. The number of nitrogens with one attached hydrogen (secondary N) is 1. The molecule has 0 bridgehead atoms. The third-order valence-electron chi connectivity index (χ3n) is 1.56. The summed E-state index contributed by atoms with van der Waals surface area (Å²) in [7, 11) is 0. The van der Waals surface area contributed by atoms with Crippen LogP contribution in [0.2, 0.25) is 0 Å². The maximum Gasteiger partial charge on any atom is 0.407 e. The van der Waals surface area contributed by atoms with Crippen LogP contribution in [0.3, 0.4) is 0 Å². The van der Waals surface area contributed by atoms with Gasteiger partial charge in [-0.15, -0.1) is 0 Å². The third-order valence-corrected chi connectivity index (χ3v) is 1.56. The predicted octanol–water partition coefficient (Wildman–Crippen LogP) is 2.02. The Morgan fingerprint density at radius 2 is 1.88 bits per heavy atom. The van der Waals surface area contributed by atoms with E-state index < -0.39 is 17.7 Å². The van der Waals surface area contributed by atoms with E-state index in [9.17, 15) is 9.59 Å². The number of carbonyl (C=O) groups is 2. The van der Waals surface area contributed by atoms with Crippen LogP contribution < -0.4 is 5.32 Å². The molecule has 98 valence electrons. The van der Waals surface area contributed by atoms with Gasteiger partial charge < -0.3 is 14.8 Å². The summed E-state index contributed by atoms with van der Waals surface area (Å²) in [5.74, 6) is -0.406.